The van der Waals surface area contributed by atoms with Crippen molar-refractivity contribution in [2.24, 2.45) is 0 Å². The third kappa shape index (κ3) is 4.82. The molecule has 112 valence electrons. The van der Waals surface area contributed by atoms with Crippen LogP contribution in [0.1, 0.15) is 20.3 Å². The fraction of sp³-hybridized carbons (Fsp3) is 0.462. The predicted octanol–water partition coefficient (Wildman–Crippen LogP) is 0.923. The summed E-state index contributed by atoms with van der Waals surface area (Å²) >= 11 is 0. The average molecular weight is 299 g/mol. The van der Waals surface area contributed by atoms with E-state index in [2.05, 4.69) is 15.4 Å². The van der Waals surface area contributed by atoms with Gasteiger partial charge in [0.1, 0.15) is 4.90 Å². The molecule has 6 nitrogen and oxygen atoms in total. The summed E-state index contributed by atoms with van der Waals surface area (Å²) in [7, 11) is -3.71. The highest BCUT2D eigenvalue weighted by atomic mass is 32.2. The van der Waals surface area contributed by atoms with Gasteiger partial charge in [-0.3, -0.25) is 4.79 Å². The van der Waals surface area contributed by atoms with Gasteiger partial charge >= 0.3 is 0 Å². The number of carbonyl (C=O) groups is 1. The van der Waals surface area contributed by atoms with Gasteiger partial charge in [0.2, 0.25) is 15.9 Å². The molecule has 7 heteroatoms. The molecule has 3 N–H and O–H groups in total. The van der Waals surface area contributed by atoms with Crippen molar-refractivity contribution in [3.8, 4) is 0 Å². The molecule has 0 atom stereocenters. The van der Waals surface area contributed by atoms with E-state index in [4.69, 9.17) is 0 Å². The van der Waals surface area contributed by atoms with E-state index in [0.29, 0.717) is 18.8 Å². The molecule has 0 saturated heterocycles. The van der Waals surface area contributed by atoms with Gasteiger partial charge in [-0.1, -0.05) is 19.1 Å². The number of anilines is 1. The van der Waals surface area contributed by atoms with Crippen molar-refractivity contribution in [1.29, 1.82) is 0 Å². The Bertz CT molecular complexity index is 544. The van der Waals surface area contributed by atoms with Crippen LogP contribution < -0.4 is 15.4 Å². The summed E-state index contributed by atoms with van der Waals surface area (Å²) in [6, 6.07) is 6.59. The van der Waals surface area contributed by atoms with Gasteiger partial charge in [0.15, 0.2) is 0 Å². The van der Waals surface area contributed by atoms with Gasteiger partial charge in [-0.05, 0) is 25.5 Å². The van der Waals surface area contributed by atoms with Crippen LogP contribution in [0, 0.1) is 0 Å². The third-order valence-corrected chi connectivity index (χ3v) is 4.00. The van der Waals surface area contributed by atoms with E-state index in [-0.39, 0.29) is 17.3 Å². The Hall–Kier alpha value is -1.60. The average Bonchev–Trinajstić information content (AvgIpc) is 2.44. The van der Waals surface area contributed by atoms with Crippen molar-refractivity contribution >= 4 is 21.6 Å². The van der Waals surface area contributed by atoms with Crippen molar-refractivity contribution in [1.82, 2.24) is 10.0 Å². The number of hydrogen-bond donors (Lipinski definition) is 3. The van der Waals surface area contributed by atoms with Gasteiger partial charge in [-0.15, -0.1) is 0 Å². The molecule has 0 unspecified atom stereocenters. The molecule has 0 saturated carbocycles. The van der Waals surface area contributed by atoms with E-state index in [0.717, 1.165) is 6.42 Å². The largest absolute Gasteiger partial charge is 0.384 e. The van der Waals surface area contributed by atoms with Gasteiger partial charge in [-0.25, -0.2) is 13.1 Å². The molecule has 0 spiro atoms. The lowest BCUT2D eigenvalue weighted by molar-refractivity contribution is -0.119. The van der Waals surface area contributed by atoms with Gasteiger partial charge in [-0.2, -0.15) is 0 Å². The highest BCUT2D eigenvalue weighted by Gasteiger charge is 2.18. The minimum absolute atomic E-state index is 0.144. The zero-order valence-electron chi connectivity index (χ0n) is 11.8. The second-order valence-electron chi connectivity index (χ2n) is 4.20. The molecule has 0 aliphatic rings. The standard InChI is InChI=1S/C13H21N3O3S/c1-3-9-15-13(17)10-16-20(18,19)12-8-6-5-7-11(12)14-4-2/h5-8,14,16H,3-4,9-10H2,1-2H3,(H,15,17). The Labute approximate surface area is 120 Å². The number of amides is 1. The summed E-state index contributed by atoms with van der Waals surface area (Å²) in [5, 5.41) is 5.60. The molecule has 1 rings (SSSR count). The Morgan fingerprint density at radius 3 is 2.55 bits per heavy atom. The number of nitrogens with one attached hydrogen (secondary N) is 3. The molecule has 20 heavy (non-hydrogen) atoms. The molecule has 0 aliphatic carbocycles. The summed E-state index contributed by atoms with van der Waals surface area (Å²) in [5.74, 6) is -0.337. The van der Waals surface area contributed by atoms with E-state index in [9.17, 15) is 13.2 Å². The monoisotopic (exact) mass is 299 g/mol. The lowest BCUT2D eigenvalue weighted by atomic mass is 10.3. The Kier molecular flexibility index (Phi) is 6.47. The van der Waals surface area contributed by atoms with E-state index in [1.807, 2.05) is 13.8 Å². The Morgan fingerprint density at radius 2 is 1.90 bits per heavy atom. The van der Waals surface area contributed by atoms with Crippen LogP contribution >= 0.6 is 0 Å². The Balaban J connectivity index is 2.76. The first-order valence-corrected chi connectivity index (χ1v) is 8.08. The van der Waals surface area contributed by atoms with Crippen LogP contribution in [0.15, 0.2) is 29.2 Å². The second kappa shape index (κ2) is 7.86. The molecular weight excluding hydrogens is 278 g/mol. The number of para-hydroxylation sites is 1. The lowest BCUT2D eigenvalue weighted by Crippen LogP contribution is -2.37. The number of sulfonamides is 1. The molecular formula is C13H21N3O3S. The maximum absolute atomic E-state index is 12.2. The zero-order chi connectivity index (χ0) is 15.0. The van der Waals surface area contributed by atoms with E-state index >= 15 is 0 Å². The van der Waals surface area contributed by atoms with Crippen molar-refractivity contribution < 1.29 is 13.2 Å². The van der Waals surface area contributed by atoms with E-state index in [1.54, 1.807) is 18.2 Å². The maximum atomic E-state index is 12.2. The highest BCUT2D eigenvalue weighted by molar-refractivity contribution is 7.89. The van der Waals surface area contributed by atoms with Gasteiger partial charge in [0.25, 0.3) is 0 Å². The van der Waals surface area contributed by atoms with Crippen molar-refractivity contribution in [2.45, 2.75) is 25.2 Å². The number of carbonyl (C=O) groups excluding carboxylic acids is 1. The fourth-order valence-corrected chi connectivity index (χ4v) is 2.77. The van der Waals surface area contributed by atoms with Gasteiger partial charge in [0, 0.05) is 13.1 Å². The molecule has 1 amide bonds. The summed E-state index contributed by atoms with van der Waals surface area (Å²) < 4.78 is 26.7. The van der Waals surface area contributed by atoms with Crippen molar-refractivity contribution in [3.63, 3.8) is 0 Å². The summed E-state index contributed by atoms with van der Waals surface area (Å²) in [6.07, 6.45) is 0.807. The van der Waals surface area contributed by atoms with E-state index in [1.165, 1.54) is 6.07 Å². The van der Waals surface area contributed by atoms with Crippen molar-refractivity contribution in [3.05, 3.63) is 24.3 Å². The topological polar surface area (TPSA) is 87.3 Å². The third-order valence-electron chi connectivity index (χ3n) is 2.54. The summed E-state index contributed by atoms with van der Waals surface area (Å²) in [6.45, 7) is 4.70. The quantitative estimate of drug-likeness (QED) is 0.666. The zero-order valence-corrected chi connectivity index (χ0v) is 12.6. The molecule has 0 fully saturated rings. The molecule has 0 aliphatic heterocycles. The highest BCUT2D eigenvalue weighted by Crippen LogP contribution is 2.19. The van der Waals surface area contributed by atoms with E-state index < -0.39 is 10.0 Å². The number of rotatable bonds is 8. The number of benzene rings is 1. The number of hydrogen-bond acceptors (Lipinski definition) is 4. The smallest absolute Gasteiger partial charge is 0.243 e. The summed E-state index contributed by atoms with van der Waals surface area (Å²) in [4.78, 5) is 11.6. The lowest BCUT2D eigenvalue weighted by Gasteiger charge is -2.12. The minimum Gasteiger partial charge on any atom is -0.384 e. The SMILES string of the molecule is CCCNC(=O)CNS(=O)(=O)c1ccccc1NCC. The van der Waals surface area contributed by atoms with Crippen LogP contribution in [-0.4, -0.2) is 34.0 Å². The van der Waals surface area contributed by atoms with Gasteiger partial charge < -0.3 is 10.6 Å². The normalized spacial score (nSPS) is 11.1. The first-order chi connectivity index (χ1) is 9.51. The van der Waals surface area contributed by atoms with Crippen LogP contribution in [0.2, 0.25) is 0 Å². The molecule has 0 bridgehead atoms. The summed E-state index contributed by atoms with van der Waals surface area (Å²) in [5.41, 5.74) is 0.525. The van der Waals surface area contributed by atoms with Crippen LogP contribution in [0.25, 0.3) is 0 Å². The van der Waals surface area contributed by atoms with Crippen molar-refractivity contribution in [2.75, 3.05) is 25.0 Å². The molecule has 0 aromatic heterocycles. The maximum Gasteiger partial charge on any atom is 0.243 e. The van der Waals surface area contributed by atoms with Crippen LogP contribution in [-0.2, 0) is 14.8 Å². The molecule has 0 heterocycles. The van der Waals surface area contributed by atoms with Crippen LogP contribution in [0.5, 0.6) is 0 Å². The fourth-order valence-electron chi connectivity index (χ4n) is 1.60. The second-order valence-corrected chi connectivity index (χ2v) is 5.94. The van der Waals surface area contributed by atoms with Crippen LogP contribution in [0.4, 0.5) is 5.69 Å². The van der Waals surface area contributed by atoms with Gasteiger partial charge in [0.05, 0.1) is 12.2 Å². The first-order valence-electron chi connectivity index (χ1n) is 6.60. The van der Waals surface area contributed by atoms with Crippen LogP contribution in [0.3, 0.4) is 0 Å². The Morgan fingerprint density at radius 1 is 1.20 bits per heavy atom. The molecule has 1 aromatic carbocycles. The predicted molar refractivity (Wildman–Crippen MR) is 79.1 cm³/mol. The first kappa shape index (κ1) is 16.5. The molecule has 0 radical (unpaired) electrons. The minimum atomic E-state index is -3.71. The molecule has 1 aromatic rings.